The summed E-state index contributed by atoms with van der Waals surface area (Å²) in [5.74, 6) is 5.28. The lowest BCUT2D eigenvalue weighted by Crippen LogP contribution is -2.01. The van der Waals surface area contributed by atoms with E-state index in [0.29, 0.717) is 11.1 Å². The number of benzene rings is 1. The summed E-state index contributed by atoms with van der Waals surface area (Å²) in [6.45, 7) is 0.251. The second-order valence-corrected chi connectivity index (χ2v) is 2.81. The third kappa shape index (κ3) is 2.95. The van der Waals surface area contributed by atoms with Gasteiger partial charge in [-0.2, -0.15) is 5.26 Å². The quantitative estimate of drug-likeness (QED) is 0.571. The van der Waals surface area contributed by atoms with Gasteiger partial charge in [-0.25, -0.2) is 0 Å². The summed E-state index contributed by atoms with van der Waals surface area (Å²) in [5.41, 5.74) is 6.36. The molecule has 0 unspecified atom stereocenters. The fourth-order valence-electron chi connectivity index (χ4n) is 1.15. The smallest absolute Gasteiger partial charge is 0.178 e. The Morgan fingerprint density at radius 2 is 2.13 bits per heavy atom. The van der Waals surface area contributed by atoms with Gasteiger partial charge in [-0.1, -0.05) is 30.0 Å². The number of carbonyl (C=O) groups excluding carboxylic acids is 1. The van der Waals surface area contributed by atoms with Crippen molar-refractivity contribution in [2.75, 3.05) is 6.54 Å². The van der Waals surface area contributed by atoms with Crippen molar-refractivity contribution in [1.29, 1.82) is 5.26 Å². The van der Waals surface area contributed by atoms with Crippen LogP contribution in [0.2, 0.25) is 0 Å². The van der Waals surface area contributed by atoms with Gasteiger partial charge >= 0.3 is 0 Å². The molecular weight excluding hydrogens is 188 g/mol. The maximum absolute atomic E-state index is 11.5. The van der Waals surface area contributed by atoms with Gasteiger partial charge in [0.15, 0.2) is 5.78 Å². The molecule has 0 fully saturated rings. The molecule has 1 rings (SSSR count). The van der Waals surface area contributed by atoms with Crippen LogP contribution in [0.4, 0.5) is 0 Å². The molecule has 2 N–H and O–H groups in total. The first-order valence-electron chi connectivity index (χ1n) is 4.47. The zero-order valence-corrected chi connectivity index (χ0v) is 8.16. The third-order valence-corrected chi connectivity index (χ3v) is 1.79. The summed E-state index contributed by atoms with van der Waals surface area (Å²) in [6.07, 6.45) is -0.124. The van der Waals surface area contributed by atoms with Gasteiger partial charge in [-0.3, -0.25) is 4.79 Å². The minimum atomic E-state index is -0.209. The fraction of sp³-hybridized carbons (Fsp3) is 0.167. The third-order valence-electron chi connectivity index (χ3n) is 1.79. The molecule has 0 saturated heterocycles. The van der Waals surface area contributed by atoms with Crippen LogP contribution in [-0.4, -0.2) is 12.3 Å². The van der Waals surface area contributed by atoms with Crippen molar-refractivity contribution in [3.05, 3.63) is 35.4 Å². The van der Waals surface area contributed by atoms with E-state index in [0.717, 1.165) is 0 Å². The van der Waals surface area contributed by atoms with E-state index in [1.807, 2.05) is 6.07 Å². The lowest BCUT2D eigenvalue weighted by molar-refractivity contribution is 0.0997. The van der Waals surface area contributed by atoms with E-state index in [9.17, 15) is 4.79 Å². The molecule has 0 aromatic heterocycles. The maximum Gasteiger partial charge on any atom is 0.178 e. The van der Waals surface area contributed by atoms with Crippen molar-refractivity contribution in [1.82, 2.24) is 0 Å². The lowest BCUT2D eigenvalue weighted by Gasteiger charge is -1.99. The van der Waals surface area contributed by atoms with Crippen molar-refractivity contribution >= 4 is 5.78 Å². The highest BCUT2D eigenvalue weighted by molar-refractivity contribution is 5.99. The van der Waals surface area contributed by atoms with Crippen LogP contribution in [0.5, 0.6) is 0 Å². The largest absolute Gasteiger partial charge is 0.320 e. The molecule has 3 nitrogen and oxygen atoms in total. The Kier molecular flexibility index (Phi) is 4.09. The summed E-state index contributed by atoms with van der Waals surface area (Å²) in [7, 11) is 0. The lowest BCUT2D eigenvalue weighted by atomic mass is 10.0. The van der Waals surface area contributed by atoms with Crippen molar-refractivity contribution in [3.8, 4) is 17.9 Å². The van der Waals surface area contributed by atoms with Crippen LogP contribution < -0.4 is 5.73 Å². The Morgan fingerprint density at radius 1 is 1.40 bits per heavy atom. The van der Waals surface area contributed by atoms with Crippen molar-refractivity contribution in [3.63, 3.8) is 0 Å². The highest BCUT2D eigenvalue weighted by Crippen LogP contribution is 2.09. The Morgan fingerprint density at radius 3 is 2.80 bits per heavy atom. The molecule has 1 aromatic carbocycles. The number of rotatable bonds is 2. The van der Waals surface area contributed by atoms with Crippen LogP contribution >= 0.6 is 0 Å². The molecule has 0 amide bonds. The monoisotopic (exact) mass is 198 g/mol. The molecule has 15 heavy (non-hydrogen) atoms. The van der Waals surface area contributed by atoms with Gasteiger partial charge in [0.1, 0.15) is 0 Å². The topological polar surface area (TPSA) is 66.9 Å². The normalized spacial score (nSPS) is 8.53. The maximum atomic E-state index is 11.5. The van der Waals surface area contributed by atoms with E-state index in [4.69, 9.17) is 11.0 Å². The molecule has 0 aliphatic carbocycles. The van der Waals surface area contributed by atoms with E-state index in [-0.39, 0.29) is 18.7 Å². The van der Waals surface area contributed by atoms with Crippen LogP contribution in [0.1, 0.15) is 22.3 Å². The first kappa shape index (κ1) is 11.0. The number of nitrogens with two attached hydrogens (primary N) is 1. The molecule has 0 aliphatic rings. The number of hydrogen-bond acceptors (Lipinski definition) is 3. The molecule has 74 valence electrons. The fourth-order valence-corrected chi connectivity index (χ4v) is 1.15. The zero-order valence-electron chi connectivity index (χ0n) is 8.16. The van der Waals surface area contributed by atoms with Gasteiger partial charge in [-0.15, -0.1) is 0 Å². The van der Waals surface area contributed by atoms with Crippen molar-refractivity contribution in [2.24, 2.45) is 5.73 Å². The van der Waals surface area contributed by atoms with Gasteiger partial charge in [0.2, 0.25) is 0 Å². The van der Waals surface area contributed by atoms with Gasteiger partial charge < -0.3 is 5.73 Å². The molecule has 0 atom stereocenters. The number of hydrogen-bond donors (Lipinski definition) is 1. The standard InChI is InChI=1S/C12H10N2O/c13-8-3-5-10-4-1-2-6-11(10)12(15)7-9-14/h1-2,4,6H,7-8,13H2. The average Bonchev–Trinajstić information content (AvgIpc) is 2.27. The molecule has 1 aromatic rings. The van der Waals surface area contributed by atoms with Crippen LogP contribution in [0.25, 0.3) is 0 Å². The number of Topliss-reactive ketones (excluding diaryl/α,β-unsaturated/α-hetero) is 1. The Balaban J connectivity index is 3.07. The zero-order chi connectivity index (χ0) is 11.1. The van der Waals surface area contributed by atoms with Crippen molar-refractivity contribution in [2.45, 2.75) is 6.42 Å². The van der Waals surface area contributed by atoms with E-state index in [1.54, 1.807) is 24.3 Å². The van der Waals surface area contributed by atoms with E-state index in [2.05, 4.69) is 11.8 Å². The number of nitrogens with zero attached hydrogens (tertiary/aromatic N) is 1. The molecule has 0 spiro atoms. The second kappa shape index (κ2) is 5.59. The minimum absolute atomic E-state index is 0.124. The Labute approximate surface area is 88.5 Å². The molecule has 0 bridgehead atoms. The molecule has 0 aliphatic heterocycles. The Bertz CT molecular complexity index is 460. The van der Waals surface area contributed by atoms with Crippen LogP contribution in [0.3, 0.4) is 0 Å². The number of carbonyl (C=O) groups is 1. The van der Waals surface area contributed by atoms with Gasteiger partial charge in [0, 0.05) is 11.1 Å². The minimum Gasteiger partial charge on any atom is -0.320 e. The van der Waals surface area contributed by atoms with Gasteiger partial charge in [0.05, 0.1) is 19.0 Å². The predicted molar refractivity (Wildman–Crippen MR) is 56.9 cm³/mol. The summed E-state index contributed by atoms with van der Waals surface area (Å²) in [5, 5.41) is 8.44. The van der Waals surface area contributed by atoms with Gasteiger partial charge in [0.25, 0.3) is 0 Å². The molecule has 0 radical (unpaired) electrons. The summed E-state index contributed by atoms with van der Waals surface area (Å²) in [6, 6.07) is 8.78. The van der Waals surface area contributed by atoms with E-state index in [1.165, 1.54) is 0 Å². The van der Waals surface area contributed by atoms with Crippen LogP contribution in [-0.2, 0) is 0 Å². The van der Waals surface area contributed by atoms with Crippen LogP contribution in [0.15, 0.2) is 24.3 Å². The van der Waals surface area contributed by atoms with Gasteiger partial charge in [-0.05, 0) is 6.07 Å². The van der Waals surface area contributed by atoms with E-state index >= 15 is 0 Å². The van der Waals surface area contributed by atoms with Crippen LogP contribution in [0, 0.1) is 23.2 Å². The summed E-state index contributed by atoms with van der Waals surface area (Å²) < 4.78 is 0. The summed E-state index contributed by atoms with van der Waals surface area (Å²) >= 11 is 0. The first-order valence-corrected chi connectivity index (χ1v) is 4.47. The number of nitriles is 1. The molecule has 0 saturated carbocycles. The second-order valence-electron chi connectivity index (χ2n) is 2.81. The molecule has 0 heterocycles. The van der Waals surface area contributed by atoms with Crippen molar-refractivity contribution < 1.29 is 4.79 Å². The first-order chi connectivity index (χ1) is 7.29. The highest BCUT2D eigenvalue weighted by Gasteiger charge is 2.08. The van der Waals surface area contributed by atoms with E-state index < -0.39 is 0 Å². The Hall–Kier alpha value is -2.10. The number of ketones is 1. The SMILES string of the molecule is N#CCC(=O)c1ccccc1C#CCN. The average molecular weight is 198 g/mol. The predicted octanol–water partition coefficient (Wildman–Crippen LogP) is 1.09. The molecular formula is C12H10N2O. The highest BCUT2D eigenvalue weighted by atomic mass is 16.1. The molecule has 3 heteroatoms. The summed E-state index contributed by atoms with van der Waals surface area (Å²) in [4.78, 5) is 11.5.